The van der Waals surface area contributed by atoms with E-state index in [0.29, 0.717) is 24.8 Å². The monoisotopic (exact) mass is 264 g/mol. The maximum atomic E-state index is 11.4. The Morgan fingerprint density at radius 1 is 1.47 bits per heavy atom. The molecular weight excluding hydrogens is 248 g/mol. The Kier molecular flexibility index (Phi) is 3.84. The Morgan fingerprint density at radius 3 is 2.84 bits per heavy atom. The average molecular weight is 264 g/mol. The molecule has 0 aliphatic heterocycles. The van der Waals surface area contributed by atoms with Crippen molar-refractivity contribution in [3.8, 4) is 0 Å². The molecule has 7 nitrogen and oxygen atoms in total. The third-order valence-electron chi connectivity index (χ3n) is 2.81. The summed E-state index contributed by atoms with van der Waals surface area (Å²) >= 11 is 0. The molecular formula is C12H16N4O3. The highest BCUT2D eigenvalue weighted by atomic mass is 16.4. The van der Waals surface area contributed by atoms with E-state index in [-0.39, 0.29) is 17.2 Å². The maximum absolute atomic E-state index is 11.4. The van der Waals surface area contributed by atoms with Crippen molar-refractivity contribution in [3.05, 3.63) is 17.8 Å². The molecule has 0 spiro atoms. The zero-order chi connectivity index (χ0) is 13.8. The summed E-state index contributed by atoms with van der Waals surface area (Å²) < 4.78 is 0. The molecule has 1 aromatic heterocycles. The third-order valence-corrected chi connectivity index (χ3v) is 2.81. The SMILES string of the molecule is Nc1c(C(=O)O)ccnc1NCCC(=O)NC1CC1. The first-order valence-corrected chi connectivity index (χ1v) is 6.09. The highest BCUT2D eigenvalue weighted by Crippen LogP contribution is 2.20. The summed E-state index contributed by atoms with van der Waals surface area (Å²) in [6.45, 7) is 0.360. The maximum Gasteiger partial charge on any atom is 0.337 e. The molecule has 0 unspecified atom stereocenters. The van der Waals surface area contributed by atoms with Crippen LogP contribution in [0.15, 0.2) is 12.3 Å². The van der Waals surface area contributed by atoms with Gasteiger partial charge in [0, 0.05) is 25.2 Å². The number of rotatable bonds is 6. The Labute approximate surface area is 110 Å². The lowest BCUT2D eigenvalue weighted by atomic mass is 10.2. The van der Waals surface area contributed by atoms with Gasteiger partial charge in [0.15, 0.2) is 0 Å². The highest BCUT2D eigenvalue weighted by Gasteiger charge is 2.22. The summed E-state index contributed by atoms with van der Waals surface area (Å²) in [6, 6.07) is 1.67. The predicted octanol–water partition coefficient (Wildman–Crippen LogP) is 0.443. The molecule has 2 rings (SSSR count). The van der Waals surface area contributed by atoms with Crippen LogP contribution in [0.1, 0.15) is 29.6 Å². The zero-order valence-electron chi connectivity index (χ0n) is 10.3. The smallest absolute Gasteiger partial charge is 0.337 e. The molecule has 0 atom stereocenters. The van der Waals surface area contributed by atoms with Crippen LogP contribution >= 0.6 is 0 Å². The second-order valence-corrected chi connectivity index (χ2v) is 4.44. The van der Waals surface area contributed by atoms with Crippen LogP contribution in [0.5, 0.6) is 0 Å². The number of nitrogens with zero attached hydrogens (tertiary/aromatic N) is 1. The summed E-state index contributed by atoms with van der Waals surface area (Å²) in [6.07, 6.45) is 3.77. The quantitative estimate of drug-likeness (QED) is 0.592. The van der Waals surface area contributed by atoms with Crippen molar-refractivity contribution in [2.75, 3.05) is 17.6 Å². The second-order valence-electron chi connectivity index (χ2n) is 4.44. The first kappa shape index (κ1) is 13.1. The molecule has 1 aliphatic rings. The molecule has 0 aromatic carbocycles. The fraction of sp³-hybridized carbons (Fsp3) is 0.417. The van der Waals surface area contributed by atoms with Gasteiger partial charge in [-0.25, -0.2) is 9.78 Å². The number of nitrogen functional groups attached to an aromatic ring is 1. The fourth-order valence-electron chi connectivity index (χ4n) is 1.62. The number of carboxylic acids is 1. The molecule has 102 valence electrons. The van der Waals surface area contributed by atoms with Gasteiger partial charge >= 0.3 is 5.97 Å². The lowest BCUT2D eigenvalue weighted by Gasteiger charge is -2.09. The van der Waals surface area contributed by atoms with Gasteiger partial charge in [0.25, 0.3) is 0 Å². The van der Waals surface area contributed by atoms with Gasteiger partial charge in [0.05, 0.1) is 11.3 Å². The summed E-state index contributed by atoms with van der Waals surface area (Å²) in [5.41, 5.74) is 5.77. The van der Waals surface area contributed by atoms with Crippen molar-refractivity contribution in [2.24, 2.45) is 0 Å². The molecule has 1 fully saturated rings. The Bertz CT molecular complexity index is 500. The van der Waals surface area contributed by atoms with Gasteiger partial charge in [-0.2, -0.15) is 0 Å². The first-order valence-electron chi connectivity index (χ1n) is 6.09. The number of nitrogens with two attached hydrogens (primary N) is 1. The van der Waals surface area contributed by atoms with E-state index in [9.17, 15) is 9.59 Å². The lowest BCUT2D eigenvalue weighted by molar-refractivity contribution is -0.120. The Hall–Kier alpha value is -2.31. The van der Waals surface area contributed by atoms with Gasteiger partial charge in [-0.05, 0) is 18.9 Å². The average Bonchev–Trinajstić information content (AvgIpc) is 3.14. The van der Waals surface area contributed by atoms with Crippen LogP contribution < -0.4 is 16.4 Å². The Balaban J connectivity index is 1.86. The van der Waals surface area contributed by atoms with E-state index in [1.54, 1.807) is 0 Å². The number of carbonyl (C=O) groups is 2. The van der Waals surface area contributed by atoms with E-state index in [2.05, 4.69) is 15.6 Å². The minimum Gasteiger partial charge on any atom is -0.478 e. The van der Waals surface area contributed by atoms with Crippen molar-refractivity contribution in [2.45, 2.75) is 25.3 Å². The van der Waals surface area contributed by atoms with E-state index in [1.807, 2.05) is 0 Å². The van der Waals surface area contributed by atoms with Crippen molar-refractivity contribution in [1.29, 1.82) is 0 Å². The number of pyridine rings is 1. The fourth-order valence-corrected chi connectivity index (χ4v) is 1.62. The number of hydrogen-bond donors (Lipinski definition) is 4. The third kappa shape index (κ3) is 3.57. The topological polar surface area (TPSA) is 117 Å². The normalized spacial score (nSPS) is 13.9. The van der Waals surface area contributed by atoms with Gasteiger partial charge < -0.3 is 21.5 Å². The second kappa shape index (κ2) is 5.55. The summed E-state index contributed by atoms with van der Waals surface area (Å²) in [5, 5.41) is 14.6. The van der Waals surface area contributed by atoms with E-state index >= 15 is 0 Å². The van der Waals surface area contributed by atoms with Gasteiger partial charge in [-0.15, -0.1) is 0 Å². The molecule has 0 saturated heterocycles. The molecule has 7 heteroatoms. The molecule has 5 N–H and O–H groups in total. The van der Waals surface area contributed by atoms with Crippen LogP contribution in [-0.2, 0) is 4.79 Å². The van der Waals surface area contributed by atoms with E-state index in [4.69, 9.17) is 10.8 Å². The van der Waals surface area contributed by atoms with Gasteiger partial charge in [0.1, 0.15) is 5.82 Å². The minimum atomic E-state index is -1.10. The lowest BCUT2D eigenvalue weighted by Crippen LogP contribution is -2.27. The van der Waals surface area contributed by atoms with Crippen molar-refractivity contribution in [1.82, 2.24) is 10.3 Å². The first-order chi connectivity index (χ1) is 9.08. The number of nitrogens with one attached hydrogen (secondary N) is 2. The van der Waals surface area contributed by atoms with E-state index < -0.39 is 5.97 Å². The van der Waals surface area contributed by atoms with Gasteiger partial charge in [-0.3, -0.25) is 4.79 Å². The standard InChI is InChI=1S/C12H16N4O3/c13-10-8(12(18)19)3-5-14-11(10)15-6-4-9(17)16-7-1-2-7/h3,5,7H,1-2,4,6,13H2,(H,14,15)(H,16,17)(H,18,19). The van der Waals surface area contributed by atoms with Gasteiger partial charge in [0.2, 0.25) is 5.91 Å². The number of aromatic nitrogens is 1. The van der Waals surface area contributed by atoms with Crippen LogP contribution in [0.2, 0.25) is 0 Å². The van der Waals surface area contributed by atoms with Crippen molar-refractivity contribution < 1.29 is 14.7 Å². The molecule has 1 aromatic rings. The largest absolute Gasteiger partial charge is 0.478 e. The summed E-state index contributed by atoms with van der Waals surface area (Å²) in [7, 11) is 0. The number of carboxylic acid groups (broad SMARTS) is 1. The number of amides is 1. The van der Waals surface area contributed by atoms with E-state index in [0.717, 1.165) is 12.8 Å². The molecule has 1 aliphatic carbocycles. The number of anilines is 2. The van der Waals surface area contributed by atoms with Crippen molar-refractivity contribution in [3.63, 3.8) is 0 Å². The van der Waals surface area contributed by atoms with E-state index in [1.165, 1.54) is 12.3 Å². The number of carbonyl (C=O) groups excluding carboxylic acids is 1. The van der Waals surface area contributed by atoms with Crippen molar-refractivity contribution >= 4 is 23.4 Å². The predicted molar refractivity (Wildman–Crippen MR) is 69.9 cm³/mol. The van der Waals surface area contributed by atoms with Crippen LogP contribution in [0.3, 0.4) is 0 Å². The van der Waals surface area contributed by atoms with Gasteiger partial charge in [-0.1, -0.05) is 0 Å². The zero-order valence-corrected chi connectivity index (χ0v) is 10.3. The van der Waals surface area contributed by atoms with Crippen LogP contribution in [0.4, 0.5) is 11.5 Å². The number of aromatic carboxylic acids is 1. The molecule has 0 bridgehead atoms. The Morgan fingerprint density at radius 2 is 2.21 bits per heavy atom. The number of hydrogen-bond acceptors (Lipinski definition) is 5. The minimum absolute atomic E-state index is 0.0000630. The summed E-state index contributed by atoms with van der Waals surface area (Å²) in [4.78, 5) is 26.3. The molecule has 0 radical (unpaired) electrons. The van der Waals surface area contributed by atoms with Crippen LogP contribution in [0.25, 0.3) is 0 Å². The molecule has 1 heterocycles. The molecule has 1 saturated carbocycles. The summed E-state index contributed by atoms with van der Waals surface area (Å²) in [5.74, 6) is -0.837. The molecule has 19 heavy (non-hydrogen) atoms. The van der Waals surface area contributed by atoms with Crippen LogP contribution in [0, 0.1) is 0 Å². The highest BCUT2D eigenvalue weighted by molar-refractivity contribution is 5.96. The van der Waals surface area contributed by atoms with Crippen LogP contribution in [-0.4, -0.2) is 34.6 Å². The molecule has 1 amide bonds.